The first-order chi connectivity index (χ1) is 17.5. The average Bonchev–Trinajstić information content (AvgIpc) is 3.52. The predicted molar refractivity (Wildman–Crippen MR) is 125 cm³/mol. The minimum atomic E-state index is -5.42. The maximum Gasteiger partial charge on any atom is 0.306 e. The summed E-state index contributed by atoms with van der Waals surface area (Å²) < 4.78 is 29.0. The Balaban J connectivity index is 1.56. The lowest BCUT2D eigenvalue weighted by molar-refractivity contribution is -0.225. The normalized spacial score (nSPS) is 27.8. The Labute approximate surface area is 215 Å². The highest BCUT2D eigenvalue weighted by Crippen LogP contribution is 2.50. The largest absolute Gasteiger partial charge is 0.777 e. The second kappa shape index (κ2) is 11.0. The number of carboxylic acids is 1. The molecule has 5 N–H and O–H groups in total. The van der Waals surface area contributed by atoms with Crippen LogP contribution in [0, 0.1) is 0 Å². The summed E-state index contributed by atoms with van der Waals surface area (Å²) in [5.74, 6) is -1.11. The van der Waals surface area contributed by atoms with Gasteiger partial charge in [-0.05, 0) is 24.4 Å². The zero-order chi connectivity index (χ0) is 27.0. The minimum absolute atomic E-state index is 0.0742. The zero-order valence-electron chi connectivity index (χ0n) is 19.8. The number of aromatic nitrogens is 4. The van der Waals surface area contributed by atoms with Gasteiger partial charge >= 0.3 is 5.97 Å². The number of carboxylic acid groups (broad SMARTS) is 1. The van der Waals surface area contributed by atoms with Crippen molar-refractivity contribution in [2.75, 3.05) is 25.6 Å². The molecule has 2 fully saturated rings. The van der Waals surface area contributed by atoms with Crippen LogP contribution in [0.25, 0.3) is 11.0 Å². The summed E-state index contributed by atoms with van der Waals surface area (Å²) in [6, 6.07) is 0.218. The van der Waals surface area contributed by atoms with Gasteiger partial charge in [-0.15, -0.1) is 0 Å². The fourth-order valence-corrected chi connectivity index (χ4v) is 5.66. The monoisotopic (exact) mass is 564 g/mol. The zero-order valence-corrected chi connectivity index (χ0v) is 21.4. The van der Waals surface area contributed by atoms with Gasteiger partial charge in [-0.1, -0.05) is 12.8 Å². The van der Waals surface area contributed by atoms with Gasteiger partial charge in [-0.2, -0.15) is 15.1 Å². The Morgan fingerprint density at radius 1 is 1.35 bits per heavy atom. The van der Waals surface area contributed by atoms with Crippen LogP contribution in [0.1, 0.15) is 38.3 Å². The van der Waals surface area contributed by atoms with Gasteiger partial charge in [0.2, 0.25) is 5.28 Å². The van der Waals surface area contributed by atoms with Crippen LogP contribution >= 0.6 is 19.2 Å². The lowest BCUT2D eigenvalue weighted by atomic mass is 10.1. The molecule has 1 saturated heterocycles. The summed E-state index contributed by atoms with van der Waals surface area (Å²) >= 11 is 6.14. The third-order valence-electron chi connectivity index (χ3n) is 6.53. The van der Waals surface area contributed by atoms with E-state index in [1.807, 2.05) is 0 Å². The van der Waals surface area contributed by atoms with Gasteiger partial charge < -0.3 is 49.2 Å². The van der Waals surface area contributed by atoms with E-state index in [2.05, 4.69) is 20.4 Å². The molecular formula is C20H28ClN5O10P-. The van der Waals surface area contributed by atoms with Gasteiger partial charge in [0.15, 0.2) is 24.8 Å². The van der Waals surface area contributed by atoms with E-state index in [4.69, 9.17) is 30.9 Å². The van der Waals surface area contributed by atoms with E-state index in [1.165, 1.54) is 10.9 Å². The highest BCUT2D eigenvalue weighted by Gasteiger charge is 2.49. The predicted octanol–water partition coefficient (Wildman–Crippen LogP) is -0.167. The molecule has 0 bridgehead atoms. The number of carbonyl (C=O) groups is 1. The molecule has 2 aromatic rings. The van der Waals surface area contributed by atoms with E-state index in [9.17, 15) is 29.4 Å². The summed E-state index contributed by atoms with van der Waals surface area (Å²) in [4.78, 5) is 41.5. The van der Waals surface area contributed by atoms with Gasteiger partial charge in [0, 0.05) is 13.2 Å². The summed E-state index contributed by atoms with van der Waals surface area (Å²) in [5.41, 5.74) is 0.220. The standard InChI is InChI=1S/C20H29ClN5O10P/c1-34-9-20(6-13(27)28,37(31,32)33)35-8-12-14(29)15(30)18(36-12)26-17-11(7-22-26)16(24-19(21)25-17)23-10-4-2-3-5-10/h7,10,12,14-15,18,29-30H,2-6,8-9H2,1H3,(H,27,28)(H,23,24,25)(H2,31,32,33)/p-1/t12-,14-,15-,18-,20-/m1/s1. The first kappa shape index (κ1) is 28.1. The molecule has 15 nitrogen and oxygen atoms in total. The molecule has 1 saturated carbocycles. The molecule has 4 rings (SSSR count). The van der Waals surface area contributed by atoms with Gasteiger partial charge in [0.25, 0.3) is 0 Å². The molecule has 37 heavy (non-hydrogen) atoms. The average molecular weight is 565 g/mol. The van der Waals surface area contributed by atoms with Crippen molar-refractivity contribution in [1.82, 2.24) is 19.7 Å². The quantitative estimate of drug-likeness (QED) is 0.177. The topological polar surface area (TPSA) is 221 Å². The van der Waals surface area contributed by atoms with Crippen molar-refractivity contribution in [3.05, 3.63) is 11.5 Å². The first-order valence-electron chi connectivity index (χ1n) is 11.5. The van der Waals surface area contributed by atoms with Crippen LogP contribution in [0.4, 0.5) is 5.82 Å². The number of aliphatic carboxylic acids is 1. The summed E-state index contributed by atoms with van der Waals surface area (Å²) in [7, 11) is -4.32. The van der Waals surface area contributed by atoms with Crippen LogP contribution in [0.5, 0.6) is 0 Å². The Morgan fingerprint density at radius 2 is 2.05 bits per heavy atom. The fourth-order valence-electron chi connectivity index (χ4n) is 4.63. The SMILES string of the molecule is COC[C@](CC(=O)O)(OC[C@H]1O[C@@H](n2ncc3c(NC4CCCC4)nc(Cl)nc32)[C@H](O)[C@@H]1O)P(=O)([O-])O. The number of aliphatic hydroxyl groups excluding tert-OH is 2. The summed E-state index contributed by atoms with van der Waals surface area (Å²) in [6.07, 6.45) is -1.28. The van der Waals surface area contributed by atoms with E-state index in [0.29, 0.717) is 11.2 Å². The molecular weight excluding hydrogens is 537 g/mol. The number of nitrogens with one attached hydrogen (secondary N) is 1. The van der Waals surface area contributed by atoms with Crippen LogP contribution in [-0.2, 0) is 23.6 Å². The number of hydrogen-bond acceptors (Lipinski definition) is 12. The van der Waals surface area contributed by atoms with E-state index >= 15 is 0 Å². The highest BCUT2D eigenvalue weighted by atomic mass is 35.5. The molecule has 6 atom stereocenters. The molecule has 0 aromatic carbocycles. The Morgan fingerprint density at radius 3 is 2.68 bits per heavy atom. The molecule has 1 aliphatic carbocycles. The number of aliphatic hydroxyl groups is 2. The van der Waals surface area contributed by atoms with Gasteiger partial charge in [-0.25, -0.2) is 4.68 Å². The number of fused-ring (bicyclic) bond motifs is 1. The smallest absolute Gasteiger partial charge is 0.306 e. The summed E-state index contributed by atoms with van der Waals surface area (Å²) in [6.45, 7) is -1.51. The van der Waals surface area contributed by atoms with Crippen LogP contribution < -0.4 is 10.2 Å². The lowest BCUT2D eigenvalue weighted by Gasteiger charge is -2.39. The molecule has 17 heteroatoms. The lowest BCUT2D eigenvalue weighted by Crippen LogP contribution is -2.46. The van der Waals surface area contributed by atoms with E-state index in [-0.39, 0.29) is 17.0 Å². The molecule has 206 valence electrons. The first-order valence-corrected chi connectivity index (χ1v) is 13.5. The number of nitrogens with zero attached hydrogens (tertiary/aromatic N) is 4. The Kier molecular flexibility index (Phi) is 8.38. The number of methoxy groups -OCH3 is 1. The molecule has 0 radical (unpaired) electrons. The number of rotatable bonds is 11. The van der Waals surface area contributed by atoms with Crippen molar-refractivity contribution in [2.45, 2.75) is 68.0 Å². The fraction of sp³-hybridized carbons (Fsp3) is 0.700. The van der Waals surface area contributed by atoms with E-state index in [1.54, 1.807) is 0 Å². The maximum absolute atomic E-state index is 12.0. The summed E-state index contributed by atoms with van der Waals surface area (Å²) in [5, 5.41) is 35.8. The number of anilines is 1. The van der Waals surface area contributed by atoms with Crippen molar-refractivity contribution >= 4 is 42.0 Å². The molecule has 0 amide bonds. The number of ether oxygens (including phenoxy) is 3. The second-order valence-electron chi connectivity index (χ2n) is 9.12. The van der Waals surface area contributed by atoms with Gasteiger partial charge in [-0.3, -0.25) is 4.79 Å². The van der Waals surface area contributed by atoms with Gasteiger partial charge in [0.05, 0.1) is 31.2 Å². The molecule has 3 heterocycles. The van der Waals surface area contributed by atoms with E-state index < -0.39 is 63.1 Å². The Hall–Kier alpha value is -1.94. The number of halogens is 1. The van der Waals surface area contributed by atoms with Gasteiger partial charge in [0.1, 0.15) is 24.1 Å². The van der Waals surface area contributed by atoms with Crippen molar-refractivity contribution in [3.8, 4) is 0 Å². The molecule has 1 aliphatic heterocycles. The highest BCUT2D eigenvalue weighted by molar-refractivity contribution is 7.52. The third kappa shape index (κ3) is 5.75. The Bertz CT molecular complexity index is 1170. The second-order valence-corrected chi connectivity index (χ2v) is 11.3. The molecule has 2 aliphatic rings. The van der Waals surface area contributed by atoms with E-state index in [0.717, 1.165) is 32.8 Å². The van der Waals surface area contributed by atoms with Crippen LogP contribution in [0.3, 0.4) is 0 Å². The maximum atomic E-state index is 12.0. The number of hydrogen-bond donors (Lipinski definition) is 5. The van der Waals surface area contributed by atoms with Crippen molar-refractivity contribution in [3.63, 3.8) is 0 Å². The molecule has 0 spiro atoms. The van der Waals surface area contributed by atoms with Crippen LogP contribution in [0.2, 0.25) is 5.28 Å². The van der Waals surface area contributed by atoms with Crippen LogP contribution in [0.15, 0.2) is 6.20 Å². The van der Waals surface area contributed by atoms with Crippen molar-refractivity contribution in [2.24, 2.45) is 0 Å². The van der Waals surface area contributed by atoms with Crippen molar-refractivity contribution < 1.29 is 48.7 Å². The minimum Gasteiger partial charge on any atom is -0.777 e. The molecule has 1 unspecified atom stereocenters. The third-order valence-corrected chi connectivity index (χ3v) is 8.14. The van der Waals surface area contributed by atoms with Crippen LogP contribution in [-0.4, -0.2) is 96.0 Å². The molecule has 2 aromatic heterocycles. The van der Waals surface area contributed by atoms with Crippen molar-refractivity contribution in [1.29, 1.82) is 0 Å².